The van der Waals surface area contributed by atoms with E-state index >= 15 is 0 Å². The van der Waals surface area contributed by atoms with Crippen molar-refractivity contribution in [2.75, 3.05) is 11.9 Å². The first-order valence-corrected chi connectivity index (χ1v) is 5.26. The third-order valence-corrected chi connectivity index (χ3v) is 2.23. The molecule has 0 atom stereocenters. The predicted octanol–water partition coefficient (Wildman–Crippen LogP) is 2.95. The molecule has 0 saturated heterocycles. The lowest BCUT2D eigenvalue weighted by molar-refractivity contribution is -0.385. The Morgan fingerprint density at radius 1 is 1.47 bits per heavy atom. The number of nitrogens with zero attached hydrogens (tertiary/aromatic N) is 1. The van der Waals surface area contributed by atoms with Gasteiger partial charge in [0.05, 0.1) is 16.7 Å². The molecule has 1 aromatic rings. The molecule has 0 heterocycles. The Bertz CT molecular complexity index is 441. The zero-order chi connectivity index (χ0) is 12.7. The van der Waals surface area contributed by atoms with Gasteiger partial charge in [0, 0.05) is 19.0 Å². The number of anilines is 1. The third-order valence-electron chi connectivity index (χ3n) is 2.23. The van der Waals surface area contributed by atoms with Gasteiger partial charge in [-0.1, -0.05) is 0 Å². The Hall–Kier alpha value is -2.09. The van der Waals surface area contributed by atoms with Crippen molar-refractivity contribution in [3.05, 3.63) is 34.1 Å². The highest BCUT2D eigenvalue weighted by atomic mass is 19.1. The monoisotopic (exact) mass is 236 g/mol. The summed E-state index contributed by atoms with van der Waals surface area (Å²) in [6.07, 6.45) is 7.50. The van der Waals surface area contributed by atoms with E-state index in [4.69, 9.17) is 6.42 Å². The molecule has 0 bridgehead atoms. The van der Waals surface area contributed by atoms with Crippen LogP contribution in [0.15, 0.2) is 18.2 Å². The van der Waals surface area contributed by atoms with E-state index in [0.717, 1.165) is 18.9 Å². The summed E-state index contributed by atoms with van der Waals surface area (Å²) in [5, 5.41) is 13.3. The van der Waals surface area contributed by atoms with E-state index in [1.807, 2.05) is 0 Å². The van der Waals surface area contributed by atoms with Crippen LogP contribution in [-0.2, 0) is 0 Å². The van der Waals surface area contributed by atoms with Gasteiger partial charge in [0.1, 0.15) is 0 Å². The quantitative estimate of drug-likeness (QED) is 0.357. The van der Waals surface area contributed by atoms with Gasteiger partial charge in [-0.05, 0) is 18.9 Å². The molecule has 1 N–H and O–H groups in total. The average molecular weight is 236 g/mol. The van der Waals surface area contributed by atoms with Crippen molar-refractivity contribution < 1.29 is 9.31 Å². The second-order valence-corrected chi connectivity index (χ2v) is 3.51. The van der Waals surface area contributed by atoms with Crippen molar-refractivity contribution in [2.45, 2.75) is 19.3 Å². The lowest BCUT2D eigenvalue weighted by Crippen LogP contribution is -2.03. The Kier molecular flexibility index (Phi) is 4.95. The van der Waals surface area contributed by atoms with Crippen molar-refractivity contribution in [1.29, 1.82) is 0 Å². The van der Waals surface area contributed by atoms with Gasteiger partial charge in [-0.3, -0.25) is 10.1 Å². The number of halogens is 1. The van der Waals surface area contributed by atoms with Crippen LogP contribution in [0.25, 0.3) is 0 Å². The number of nitrogens with one attached hydrogen (secondary N) is 1. The van der Waals surface area contributed by atoms with E-state index in [2.05, 4.69) is 11.2 Å². The van der Waals surface area contributed by atoms with E-state index in [1.165, 1.54) is 12.1 Å². The van der Waals surface area contributed by atoms with Crippen LogP contribution in [0.1, 0.15) is 19.3 Å². The van der Waals surface area contributed by atoms with Crippen LogP contribution >= 0.6 is 0 Å². The first-order chi connectivity index (χ1) is 8.15. The average Bonchev–Trinajstić information content (AvgIpc) is 2.30. The topological polar surface area (TPSA) is 55.2 Å². The molecule has 90 valence electrons. The Morgan fingerprint density at radius 2 is 2.24 bits per heavy atom. The molecule has 0 spiro atoms. The standard InChI is InChI=1S/C12H13FN2O2/c1-2-3-4-5-8-14-12-7-6-10(15(16)17)9-11(12)13/h1,6-7,9,14H,3-5,8H2. The number of hydrogen-bond acceptors (Lipinski definition) is 3. The molecule has 0 amide bonds. The second-order valence-electron chi connectivity index (χ2n) is 3.51. The number of rotatable bonds is 6. The highest BCUT2D eigenvalue weighted by Crippen LogP contribution is 2.20. The van der Waals surface area contributed by atoms with Gasteiger partial charge in [0.2, 0.25) is 0 Å². The molecular weight excluding hydrogens is 223 g/mol. The predicted molar refractivity (Wildman–Crippen MR) is 64.2 cm³/mol. The number of unbranched alkanes of at least 4 members (excludes halogenated alkanes) is 2. The van der Waals surface area contributed by atoms with E-state index in [0.29, 0.717) is 13.0 Å². The minimum Gasteiger partial charge on any atom is -0.383 e. The molecule has 0 saturated carbocycles. The summed E-state index contributed by atoms with van der Waals surface area (Å²) in [6, 6.07) is 3.55. The molecule has 4 nitrogen and oxygen atoms in total. The number of nitro groups is 1. The molecule has 0 radical (unpaired) electrons. The number of nitro benzene ring substituents is 1. The van der Waals surface area contributed by atoms with E-state index in [1.54, 1.807) is 0 Å². The molecular formula is C12H13FN2O2. The summed E-state index contributed by atoms with van der Waals surface area (Å²) in [5.74, 6) is 1.91. The highest BCUT2D eigenvalue weighted by molar-refractivity contribution is 5.49. The van der Waals surface area contributed by atoms with Crippen molar-refractivity contribution in [3.63, 3.8) is 0 Å². The first kappa shape index (κ1) is 13.0. The zero-order valence-corrected chi connectivity index (χ0v) is 9.28. The Balaban J connectivity index is 2.50. The van der Waals surface area contributed by atoms with Gasteiger partial charge in [0.25, 0.3) is 5.69 Å². The number of benzene rings is 1. The zero-order valence-electron chi connectivity index (χ0n) is 9.28. The maximum atomic E-state index is 13.4. The van der Waals surface area contributed by atoms with Gasteiger partial charge >= 0.3 is 0 Å². The normalized spacial score (nSPS) is 9.65. The highest BCUT2D eigenvalue weighted by Gasteiger charge is 2.09. The smallest absolute Gasteiger partial charge is 0.272 e. The number of terminal acetylenes is 1. The van der Waals surface area contributed by atoms with Crippen molar-refractivity contribution in [2.24, 2.45) is 0 Å². The van der Waals surface area contributed by atoms with E-state index in [-0.39, 0.29) is 11.4 Å². The largest absolute Gasteiger partial charge is 0.383 e. The second kappa shape index (κ2) is 6.48. The molecule has 0 fully saturated rings. The van der Waals surface area contributed by atoms with Crippen LogP contribution in [0.2, 0.25) is 0 Å². The summed E-state index contributed by atoms with van der Waals surface area (Å²) in [5.41, 5.74) is 0.0247. The number of hydrogen-bond donors (Lipinski definition) is 1. The summed E-state index contributed by atoms with van der Waals surface area (Å²) >= 11 is 0. The first-order valence-electron chi connectivity index (χ1n) is 5.26. The Labute approximate surface area is 99.0 Å². The Morgan fingerprint density at radius 3 is 2.82 bits per heavy atom. The fourth-order valence-electron chi connectivity index (χ4n) is 1.34. The van der Waals surface area contributed by atoms with Crippen LogP contribution in [0.5, 0.6) is 0 Å². The van der Waals surface area contributed by atoms with Crippen molar-refractivity contribution in [1.82, 2.24) is 0 Å². The molecule has 1 aromatic carbocycles. The summed E-state index contributed by atoms with van der Waals surface area (Å²) < 4.78 is 13.4. The lowest BCUT2D eigenvalue weighted by Gasteiger charge is -2.06. The summed E-state index contributed by atoms with van der Waals surface area (Å²) in [6.45, 7) is 0.594. The van der Waals surface area contributed by atoms with E-state index in [9.17, 15) is 14.5 Å². The number of non-ortho nitro benzene ring substituents is 1. The van der Waals surface area contributed by atoms with Crippen LogP contribution in [-0.4, -0.2) is 11.5 Å². The minimum absolute atomic E-state index is 0.250. The van der Waals surface area contributed by atoms with Gasteiger partial charge in [0.15, 0.2) is 5.82 Å². The fraction of sp³-hybridized carbons (Fsp3) is 0.333. The molecule has 0 aliphatic rings. The summed E-state index contributed by atoms with van der Waals surface area (Å²) in [7, 11) is 0. The fourth-order valence-corrected chi connectivity index (χ4v) is 1.34. The molecule has 5 heteroatoms. The molecule has 0 aliphatic carbocycles. The van der Waals surface area contributed by atoms with Gasteiger partial charge in [-0.15, -0.1) is 12.3 Å². The molecule has 0 unspecified atom stereocenters. The van der Waals surface area contributed by atoms with Gasteiger partial charge < -0.3 is 5.32 Å². The maximum absolute atomic E-state index is 13.4. The van der Waals surface area contributed by atoms with Crippen LogP contribution in [0.4, 0.5) is 15.8 Å². The summed E-state index contributed by atoms with van der Waals surface area (Å²) in [4.78, 5) is 9.77. The minimum atomic E-state index is -0.625. The lowest BCUT2D eigenvalue weighted by atomic mass is 10.2. The molecule has 0 aromatic heterocycles. The van der Waals surface area contributed by atoms with Crippen molar-refractivity contribution >= 4 is 11.4 Å². The molecule has 17 heavy (non-hydrogen) atoms. The van der Waals surface area contributed by atoms with E-state index < -0.39 is 10.7 Å². The molecule has 1 rings (SSSR count). The third kappa shape index (κ3) is 4.11. The van der Waals surface area contributed by atoms with Gasteiger partial charge in [-0.25, -0.2) is 4.39 Å². The van der Waals surface area contributed by atoms with Crippen LogP contribution in [0.3, 0.4) is 0 Å². The SMILES string of the molecule is C#CCCCCNc1ccc([N+](=O)[O-])cc1F. The van der Waals surface area contributed by atoms with Gasteiger partial charge in [-0.2, -0.15) is 0 Å². The maximum Gasteiger partial charge on any atom is 0.272 e. The van der Waals surface area contributed by atoms with Crippen LogP contribution < -0.4 is 5.32 Å². The van der Waals surface area contributed by atoms with Crippen LogP contribution in [0, 0.1) is 28.3 Å². The van der Waals surface area contributed by atoms with Crippen molar-refractivity contribution in [3.8, 4) is 12.3 Å². The molecule has 0 aliphatic heterocycles.